The molecular formula is C27H34ClN3O5. The molecule has 2 aliphatic heterocycles. The molecule has 2 saturated heterocycles. The first-order valence-electron chi connectivity index (χ1n) is 12.4. The van der Waals surface area contributed by atoms with E-state index in [0.29, 0.717) is 29.0 Å². The third-order valence-electron chi connectivity index (χ3n) is 6.94. The fraction of sp³-hybridized carbons (Fsp3) is 0.481. The van der Waals surface area contributed by atoms with Gasteiger partial charge < -0.3 is 29.7 Å². The van der Waals surface area contributed by atoms with Gasteiger partial charge >= 0.3 is 12.1 Å². The summed E-state index contributed by atoms with van der Waals surface area (Å²) in [5.41, 5.74) is 7.44. The summed E-state index contributed by atoms with van der Waals surface area (Å²) >= 11 is 6.09. The molecule has 2 aromatic rings. The van der Waals surface area contributed by atoms with Crippen molar-refractivity contribution in [2.75, 3.05) is 45.6 Å². The number of hydrogen-bond acceptors (Lipinski definition) is 7. The standard InChI is InChI=1S/C27H34ClN3O5/c1-34-25-16-24(29)23(28)15-22(25)26(32)36-21-9-11-30(12-10-21)17-19-7-13-31(14-8-19)27(33)35-18-20-5-3-2-4-6-20/h2-6,15-16,19,21H,7-14,17-18,29H2,1H3. The molecule has 8 nitrogen and oxygen atoms in total. The third-order valence-corrected chi connectivity index (χ3v) is 7.27. The van der Waals surface area contributed by atoms with E-state index in [4.69, 9.17) is 31.5 Å². The number of rotatable bonds is 7. The molecule has 0 bridgehead atoms. The molecule has 0 aromatic heterocycles. The van der Waals surface area contributed by atoms with Gasteiger partial charge in [0, 0.05) is 38.8 Å². The first-order chi connectivity index (χ1) is 17.4. The van der Waals surface area contributed by atoms with Gasteiger partial charge in [-0.1, -0.05) is 41.9 Å². The number of piperidine rings is 2. The fourth-order valence-corrected chi connectivity index (χ4v) is 4.96. The molecule has 0 saturated carbocycles. The first-order valence-corrected chi connectivity index (χ1v) is 12.8. The van der Waals surface area contributed by atoms with Crippen molar-refractivity contribution in [3.8, 4) is 5.75 Å². The van der Waals surface area contributed by atoms with Crippen LogP contribution in [0.1, 0.15) is 41.6 Å². The average Bonchev–Trinajstić information content (AvgIpc) is 2.90. The highest BCUT2D eigenvalue weighted by atomic mass is 35.5. The third kappa shape index (κ3) is 6.83. The van der Waals surface area contributed by atoms with Gasteiger partial charge in [-0.15, -0.1) is 0 Å². The smallest absolute Gasteiger partial charge is 0.410 e. The number of esters is 1. The summed E-state index contributed by atoms with van der Waals surface area (Å²) in [4.78, 5) is 29.3. The van der Waals surface area contributed by atoms with E-state index in [0.717, 1.165) is 64.0 Å². The van der Waals surface area contributed by atoms with Gasteiger partial charge in [0.05, 0.1) is 17.8 Å². The van der Waals surface area contributed by atoms with Crippen LogP contribution < -0.4 is 10.5 Å². The fourth-order valence-electron chi connectivity index (χ4n) is 4.80. The van der Waals surface area contributed by atoms with Gasteiger partial charge in [-0.2, -0.15) is 0 Å². The zero-order valence-electron chi connectivity index (χ0n) is 20.7. The second-order valence-corrected chi connectivity index (χ2v) is 9.86. The van der Waals surface area contributed by atoms with Gasteiger partial charge in [-0.3, -0.25) is 0 Å². The van der Waals surface area contributed by atoms with Crippen molar-refractivity contribution < 1.29 is 23.8 Å². The van der Waals surface area contributed by atoms with Crippen LogP contribution in [-0.4, -0.2) is 67.8 Å². The van der Waals surface area contributed by atoms with Crippen LogP contribution >= 0.6 is 11.6 Å². The average molecular weight is 516 g/mol. The number of anilines is 1. The van der Waals surface area contributed by atoms with Crippen molar-refractivity contribution in [3.63, 3.8) is 0 Å². The Morgan fingerprint density at radius 1 is 1.03 bits per heavy atom. The minimum absolute atomic E-state index is 0.143. The first kappa shape index (κ1) is 26.1. The van der Waals surface area contributed by atoms with Crippen molar-refractivity contribution in [1.29, 1.82) is 0 Å². The minimum Gasteiger partial charge on any atom is -0.496 e. The highest BCUT2D eigenvalue weighted by Gasteiger charge is 2.29. The number of amides is 1. The maximum atomic E-state index is 12.7. The second-order valence-electron chi connectivity index (χ2n) is 9.45. The summed E-state index contributed by atoms with van der Waals surface area (Å²) in [7, 11) is 1.48. The molecule has 36 heavy (non-hydrogen) atoms. The summed E-state index contributed by atoms with van der Waals surface area (Å²) < 4.78 is 16.5. The quantitative estimate of drug-likeness (QED) is 0.425. The molecule has 2 aromatic carbocycles. The maximum absolute atomic E-state index is 12.7. The Balaban J connectivity index is 1.16. The van der Waals surface area contributed by atoms with E-state index in [1.54, 1.807) is 0 Å². The molecule has 0 spiro atoms. The number of halogens is 1. The van der Waals surface area contributed by atoms with Gasteiger partial charge in [0.15, 0.2) is 0 Å². The SMILES string of the molecule is COc1cc(N)c(Cl)cc1C(=O)OC1CCN(CC2CCN(C(=O)OCc3ccccc3)CC2)CC1. The number of methoxy groups -OCH3 is 1. The number of carbonyl (C=O) groups excluding carboxylic acids is 2. The summed E-state index contributed by atoms with van der Waals surface area (Å²) in [5.74, 6) is 0.455. The predicted molar refractivity (Wildman–Crippen MR) is 138 cm³/mol. The zero-order valence-corrected chi connectivity index (χ0v) is 21.4. The van der Waals surface area contributed by atoms with Crippen LogP contribution in [0.15, 0.2) is 42.5 Å². The molecule has 2 aliphatic rings. The molecule has 9 heteroatoms. The van der Waals surface area contributed by atoms with Crippen LogP contribution in [0.5, 0.6) is 5.75 Å². The van der Waals surface area contributed by atoms with Crippen LogP contribution in [0.4, 0.5) is 10.5 Å². The Morgan fingerprint density at radius 2 is 1.72 bits per heavy atom. The maximum Gasteiger partial charge on any atom is 0.410 e. The lowest BCUT2D eigenvalue weighted by atomic mass is 9.95. The molecule has 4 rings (SSSR count). The number of nitrogen functional groups attached to an aromatic ring is 1. The van der Waals surface area contributed by atoms with Crippen molar-refractivity contribution >= 4 is 29.4 Å². The molecule has 0 atom stereocenters. The van der Waals surface area contributed by atoms with E-state index < -0.39 is 5.97 Å². The molecule has 1 amide bonds. The van der Waals surface area contributed by atoms with Crippen LogP contribution in [0.2, 0.25) is 5.02 Å². The largest absolute Gasteiger partial charge is 0.496 e. The topological polar surface area (TPSA) is 94.3 Å². The molecule has 0 radical (unpaired) electrons. The lowest BCUT2D eigenvalue weighted by Gasteiger charge is -2.37. The molecule has 2 fully saturated rings. The number of benzene rings is 2. The summed E-state index contributed by atoms with van der Waals surface area (Å²) in [6.07, 6.45) is 3.11. The summed E-state index contributed by atoms with van der Waals surface area (Å²) in [5, 5.41) is 0.299. The summed E-state index contributed by atoms with van der Waals surface area (Å²) in [6.45, 7) is 4.48. The Kier molecular flexibility index (Phi) is 8.93. The number of carbonyl (C=O) groups is 2. The van der Waals surface area contributed by atoms with Gasteiger partial charge in [-0.05, 0) is 43.2 Å². The number of hydrogen-bond donors (Lipinski definition) is 1. The second kappa shape index (κ2) is 12.3. The van der Waals surface area contributed by atoms with Gasteiger partial charge in [0.25, 0.3) is 0 Å². The lowest BCUT2D eigenvalue weighted by molar-refractivity contribution is 0.00770. The molecular weight excluding hydrogens is 482 g/mol. The van der Waals surface area contributed by atoms with E-state index >= 15 is 0 Å². The predicted octanol–water partition coefficient (Wildman–Crippen LogP) is 4.60. The Morgan fingerprint density at radius 3 is 2.39 bits per heavy atom. The summed E-state index contributed by atoms with van der Waals surface area (Å²) in [6, 6.07) is 12.8. The van der Waals surface area contributed by atoms with E-state index in [9.17, 15) is 9.59 Å². The van der Waals surface area contributed by atoms with Gasteiger partial charge in [-0.25, -0.2) is 9.59 Å². The molecule has 194 valence electrons. The lowest BCUT2D eigenvalue weighted by Crippen LogP contribution is -2.44. The number of nitrogens with two attached hydrogens (primary N) is 1. The van der Waals surface area contributed by atoms with Gasteiger partial charge in [0.1, 0.15) is 24.0 Å². The number of likely N-dealkylation sites (tertiary alicyclic amines) is 2. The minimum atomic E-state index is -0.446. The van der Waals surface area contributed by atoms with Gasteiger partial charge in [0.2, 0.25) is 0 Å². The Hall–Kier alpha value is -2.97. The molecule has 2 heterocycles. The highest BCUT2D eigenvalue weighted by Crippen LogP contribution is 2.30. The van der Waals surface area contributed by atoms with E-state index in [1.807, 2.05) is 35.2 Å². The van der Waals surface area contributed by atoms with Crippen molar-refractivity contribution in [2.24, 2.45) is 5.92 Å². The van der Waals surface area contributed by atoms with Crippen molar-refractivity contribution in [1.82, 2.24) is 9.80 Å². The highest BCUT2D eigenvalue weighted by molar-refractivity contribution is 6.33. The van der Waals surface area contributed by atoms with Crippen LogP contribution in [-0.2, 0) is 16.1 Å². The monoisotopic (exact) mass is 515 g/mol. The Labute approximate surface area is 217 Å². The normalized spacial score (nSPS) is 17.6. The number of nitrogens with zero attached hydrogens (tertiary/aromatic N) is 2. The van der Waals surface area contributed by atoms with Crippen LogP contribution in [0.25, 0.3) is 0 Å². The van der Waals surface area contributed by atoms with E-state index in [2.05, 4.69) is 4.90 Å². The number of ether oxygens (including phenoxy) is 3. The molecule has 0 aliphatic carbocycles. The zero-order chi connectivity index (χ0) is 25.5. The van der Waals surface area contributed by atoms with Crippen molar-refractivity contribution in [2.45, 2.75) is 38.4 Å². The Bertz CT molecular complexity index is 1040. The van der Waals surface area contributed by atoms with E-state index in [-0.39, 0.29) is 17.8 Å². The molecule has 0 unspecified atom stereocenters. The van der Waals surface area contributed by atoms with Crippen molar-refractivity contribution in [3.05, 3.63) is 58.6 Å². The van der Waals surface area contributed by atoms with E-state index in [1.165, 1.54) is 19.2 Å². The molecule has 2 N–H and O–H groups in total. The van der Waals surface area contributed by atoms with Crippen LogP contribution in [0, 0.1) is 5.92 Å². The van der Waals surface area contributed by atoms with Crippen LogP contribution in [0.3, 0.4) is 0 Å².